The standard InChI is InChI=1S/C26H23ClN6O/c1-2-20(25-32-21-10-6-9-19(27)22(21)26(34)33(25)17-12-13-17)31-24-18(23(28)29-15-30-24)14-11-16-7-4-3-5-8-16/h3-10,15,17,20H,2,12-13H2,1H3,(H3,28,29,30,31). The van der Waals surface area contributed by atoms with Crippen molar-refractivity contribution in [3.63, 3.8) is 0 Å². The maximum atomic E-state index is 13.4. The molecule has 2 aromatic carbocycles. The van der Waals surface area contributed by atoms with Crippen LogP contribution in [0.4, 0.5) is 11.6 Å². The summed E-state index contributed by atoms with van der Waals surface area (Å²) in [6.45, 7) is 2.03. The van der Waals surface area contributed by atoms with Gasteiger partial charge in [0.25, 0.3) is 5.56 Å². The van der Waals surface area contributed by atoms with Gasteiger partial charge in [0.2, 0.25) is 0 Å². The third kappa shape index (κ3) is 4.20. The summed E-state index contributed by atoms with van der Waals surface area (Å²) in [5.41, 5.74) is 8.00. The van der Waals surface area contributed by atoms with Crippen molar-refractivity contribution in [1.82, 2.24) is 19.5 Å². The second-order valence-corrected chi connectivity index (χ2v) is 8.62. The van der Waals surface area contributed by atoms with Gasteiger partial charge in [0.1, 0.15) is 29.4 Å². The van der Waals surface area contributed by atoms with Gasteiger partial charge in [-0.3, -0.25) is 9.36 Å². The Bertz CT molecular complexity index is 1480. The first-order valence-corrected chi connectivity index (χ1v) is 11.6. The number of benzene rings is 2. The molecule has 2 heterocycles. The van der Waals surface area contributed by atoms with Gasteiger partial charge in [-0.2, -0.15) is 0 Å². The summed E-state index contributed by atoms with van der Waals surface area (Å²) in [5, 5.41) is 4.30. The van der Waals surface area contributed by atoms with Crippen molar-refractivity contribution >= 4 is 34.1 Å². The Kier molecular flexibility index (Phi) is 5.91. The van der Waals surface area contributed by atoms with Crippen LogP contribution in [0, 0.1) is 11.8 Å². The molecular formula is C26H23ClN6O. The van der Waals surface area contributed by atoms with Crippen LogP contribution in [0.2, 0.25) is 5.02 Å². The van der Waals surface area contributed by atoms with E-state index in [-0.39, 0.29) is 23.5 Å². The fraction of sp³-hybridized carbons (Fsp3) is 0.231. The average molecular weight is 471 g/mol. The lowest BCUT2D eigenvalue weighted by Gasteiger charge is -2.22. The molecule has 0 aliphatic heterocycles. The van der Waals surface area contributed by atoms with Gasteiger partial charge in [-0.25, -0.2) is 15.0 Å². The Morgan fingerprint density at radius 1 is 1.15 bits per heavy atom. The quantitative estimate of drug-likeness (QED) is 0.409. The number of nitrogens with zero attached hydrogens (tertiary/aromatic N) is 4. The SMILES string of the molecule is CCC(Nc1ncnc(N)c1C#Cc1ccccc1)c1nc2cccc(Cl)c2c(=O)n1C1CC1. The van der Waals surface area contributed by atoms with Crippen molar-refractivity contribution in [3.8, 4) is 11.8 Å². The number of fused-ring (bicyclic) bond motifs is 1. The lowest BCUT2D eigenvalue weighted by atomic mass is 10.1. The van der Waals surface area contributed by atoms with E-state index in [0.29, 0.717) is 39.6 Å². The van der Waals surface area contributed by atoms with Gasteiger partial charge in [0.05, 0.1) is 22.0 Å². The number of halogens is 1. The van der Waals surface area contributed by atoms with E-state index in [1.807, 2.05) is 43.3 Å². The minimum Gasteiger partial charge on any atom is -0.382 e. The molecule has 5 rings (SSSR count). The van der Waals surface area contributed by atoms with Crippen LogP contribution in [0.15, 0.2) is 59.7 Å². The van der Waals surface area contributed by atoms with E-state index >= 15 is 0 Å². The van der Waals surface area contributed by atoms with Crippen molar-refractivity contribution in [1.29, 1.82) is 0 Å². The summed E-state index contributed by atoms with van der Waals surface area (Å²) in [6, 6.07) is 14.8. The highest BCUT2D eigenvalue weighted by atomic mass is 35.5. The summed E-state index contributed by atoms with van der Waals surface area (Å²) >= 11 is 6.36. The Labute approximate surface area is 202 Å². The summed E-state index contributed by atoms with van der Waals surface area (Å²) in [5.74, 6) is 7.67. The van der Waals surface area contributed by atoms with Gasteiger partial charge < -0.3 is 11.1 Å². The van der Waals surface area contributed by atoms with Crippen LogP contribution in [0.5, 0.6) is 0 Å². The predicted octanol–water partition coefficient (Wildman–Crippen LogP) is 4.72. The van der Waals surface area contributed by atoms with E-state index < -0.39 is 0 Å². The highest BCUT2D eigenvalue weighted by Crippen LogP contribution is 2.37. The summed E-state index contributed by atoms with van der Waals surface area (Å²) in [6.07, 6.45) is 3.95. The van der Waals surface area contributed by atoms with Gasteiger partial charge in [-0.15, -0.1) is 0 Å². The first kappa shape index (κ1) is 21.9. The molecule has 0 radical (unpaired) electrons. The van der Waals surface area contributed by atoms with E-state index in [2.05, 4.69) is 27.1 Å². The van der Waals surface area contributed by atoms with E-state index in [1.54, 1.807) is 16.7 Å². The van der Waals surface area contributed by atoms with Crippen molar-refractivity contribution in [2.45, 2.75) is 38.3 Å². The first-order chi connectivity index (χ1) is 16.6. The van der Waals surface area contributed by atoms with Crippen LogP contribution in [0.25, 0.3) is 10.9 Å². The number of hydrogen-bond donors (Lipinski definition) is 2. The van der Waals surface area contributed by atoms with Crippen molar-refractivity contribution in [2.24, 2.45) is 0 Å². The number of nitrogen functional groups attached to an aromatic ring is 1. The maximum absolute atomic E-state index is 13.4. The number of nitrogens with one attached hydrogen (secondary N) is 1. The Morgan fingerprint density at radius 3 is 2.68 bits per heavy atom. The molecule has 170 valence electrons. The molecule has 0 saturated heterocycles. The van der Waals surface area contributed by atoms with Crippen molar-refractivity contribution in [3.05, 3.63) is 87.2 Å². The predicted molar refractivity (Wildman–Crippen MR) is 135 cm³/mol. The topological polar surface area (TPSA) is 98.7 Å². The van der Waals surface area contributed by atoms with Crippen LogP contribution in [0.1, 0.15) is 55.2 Å². The first-order valence-electron chi connectivity index (χ1n) is 11.2. The maximum Gasteiger partial charge on any atom is 0.263 e. The Morgan fingerprint density at radius 2 is 1.94 bits per heavy atom. The number of nitrogens with two attached hydrogens (primary N) is 1. The summed E-state index contributed by atoms with van der Waals surface area (Å²) < 4.78 is 1.79. The second-order valence-electron chi connectivity index (χ2n) is 8.21. The molecule has 0 bridgehead atoms. The monoisotopic (exact) mass is 470 g/mol. The Hall–Kier alpha value is -3.89. The molecule has 1 atom stereocenters. The van der Waals surface area contributed by atoms with Gasteiger partial charge in [-0.05, 0) is 43.5 Å². The number of aromatic nitrogens is 4. The highest BCUT2D eigenvalue weighted by molar-refractivity contribution is 6.35. The van der Waals surface area contributed by atoms with Crippen molar-refractivity contribution < 1.29 is 0 Å². The summed E-state index contributed by atoms with van der Waals surface area (Å²) in [4.78, 5) is 26.9. The zero-order valence-electron chi connectivity index (χ0n) is 18.6. The number of hydrogen-bond acceptors (Lipinski definition) is 6. The van der Waals surface area contributed by atoms with E-state index in [9.17, 15) is 4.79 Å². The highest BCUT2D eigenvalue weighted by Gasteiger charge is 2.31. The normalized spacial score (nSPS) is 13.8. The third-order valence-electron chi connectivity index (χ3n) is 5.83. The molecule has 1 unspecified atom stereocenters. The molecule has 1 aliphatic carbocycles. The smallest absolute Gasteiger partial charge is 0.263 e. The fourth-order valence-corrected chi connectivity index (χ4v) is 4.20. The number of anilines is 2. The lowest BCUT2D eigenvalue weighted by molar-refractivity contribution is 0.578. The molecule has 1 saturated carbocycles. The van der Waals surface area contributed by atoms with Crippen LogP contribution in [0.3, 0.4) is 0 Å². The molecule has 3 N–H and O–H groups in total. The fourth-order valence-electron chi connectivity index (χ4n) is 3.95. The van der Waals surface area contributed by atoms with Gasteiger partial charge in [-0.1, -0.05) is 54.6 Å². The average Bonchev–Trinajstić information content (AvgIpc) is 3.67. The Balaban J connectivity index is 1.59. The van der Waals surface area contributed by atoms with Crippen LogP contribution in [-0.4, -0.2) is 19.5 Å². The largest absolute Gasteiger partial charge is 0.382 e. The summed E-state index contributed by atoms with van der Waals surface area (Å²) in [7, 11) is 0. The van der Waals surface area contributed by atoms with Crippen LogP contribution in [-0.2, 0) is 0 Å². The van der Waals surface area contributed by atoms with Crippen LogP contribution < -0.4 is 16.6 Å². The number of rotatable bonds is 5. The zero-order chi connectivity index (χ0) is 23.7. The molecule has 1 fully saturated rings. The minimum absolute atomic E-state index is 0.111. The third-order valence-corrected chi connectivity index (χ3v) is 6.15. The molecule has 4 aromatic rings. The molecule has 0 spiro atoms. The van der Waals surface area contributed by atoms with E-state index in [4.69, 9.17) is 22.3 Å². The molecule has 0 amide bonds. The van der Waals surface area contributed by atoms with E-state index in [0.717, 1.165) is 18.4 Å². The molecule has 2 aromatic heterocycles. The van der Waals surface area contributed by atoms with Gasteiger partial charge in [0.15, 0.2) is 0 Å². The lowest BCUT2D eigenvalue weighted by Crippen LogP contribution is -2.29. The van der Waals surface area contributed by atoms with Gasteiger partial charge in [0, 0.05) is 11.6 Å². The molecule has 7 nitrogen and oxygen atoms in total. The van der Waals surface area contributed by atoms with Crippen molar-refractivity contribution in [2.75, 3.05) is 11.1 Å². The second kappa shape index (κ2) is 9.16. The van der Waals surface area contributed by atoms with E-state index in [1.165, 1.54) is 6.33 Å². The zero-order valence-corrected chi connectivity index (χ0v) is 19.4. The molecule has 34 heavy (non-hydrogen) atoms. The minimum atomic E-state index is -0.289. The molecule has 1 aliphatic rings. The molecular weight excluding hydrogens is 448 g/mol. The van der Waals surface area contributed by atoms with Gasteiger partial charge >= 0.3 is 0 Å². The molecule has 8 heteroatoms. The van der Waals surface area contributed by atoms with Crippen LogP contribution >= 0.6 is 11.6 Å².